The number of quaternary nitrogens is 1. The Morgan fingerprint density at radius 1 is 0.976 bits per heavy atom. The Kier molecular flexibility index (Phi) is 8.89. The number of nitrogens with zero attached hydrogens (tertiary/aromatic N) is 3. The van der Waals surface area contributed by atoms with Crippen LogP contribution in [-0.4, -0.2) is 59.4 Å². The number of halogens is 1. The number of benzene rings is 3. The van der Waals surface area contributed by atoms with E-state index in [9.17, 15) is 9.59 Å². The predicted molar refractivity (Wildman–Crippen MR) is 151 cm³/mol. The number of hydrogen-bond donors (Lipinski definition) is 1. The molecule has 7 rings (SSSR count). The molecule has 2 bridgehead atoms. The lowest BCUT2D eigenvalue weighted by Gasteiger charge is -2.51. The summed E-state index contributed by atoms with van der Waals surface area (Å²) >= 11 is 0. The van der Waals surface area contributed by atoms with E-state index >= 15 is 0 Å². The highest BCUT2D eigenvalue weighted by atomic mass is 35.5. The van der Waals surface area contributed by atoms with Gasteiger partial charge in [0, 0.05) is 30.0 Å². The van der Waals surface area contributed by atoms with Crippen molar-refractivity contribution >= 4 is 17.6 Å². The molecule has 218 valence electrons. The molecular weight excluding hydrogens is 556 g/mol. The van der Waals surface area contributed by atoms with Crippen molar-refractivity contribution in [2.24, 2.45) is 5.92 Å². The Morgan fingerprint density at radius 3 is 2.31 bits per heavy atom. The number of hydrogen-bond acceptors (Lipinski definition) is 8. The number of methoxy groups -OCH3 is 1. The molecule has 1 N–H and O–H groups in total. The highest BCUT2D eigenvalue weighted by molar-refractivity contribution is 5.90. The van der Waals surface area contributed by atoms with Crippen LogP contribution < -0.4 is 17.7 Å². The van der Waals surface area contributed by atoms with Gasteiger partial charge in [0.25, 0.3) is 5.89 Å². The molecule has 3 fully saturated rings. The third kappa shape index (κ3) is 6.32. The van der Waals surface area contributed by atoms with Gasteiger partial charge in [-0.1, -0.05) is 53.7 Å². The van der Waals surface area contributed by atoms with Crippen LogP contribution >= 0.6 is 0 Å². The highest BCUT2D eigenvalue weighted by Gasteiger charge is 2.48. The number of ether oxygens (including phenoxy) is 2. The van der Waals surface area contributed by atoms with E-state index in [1.807, 2.05) is 60.7 Å². The summed E-state index contributed by atoms with van der Waals surface area (Å²) in [5.74, 6) is 0.793. The molecule has 3 aliphatic heterocycles. The second kappa shape index (κ2) is 12.8. The van der Waals surface area contributed by atoms with Crippen LogP contribution in [0.5, 0.6) is 0 Å². The summed E-state index contributed by atoms with van der Waals surface area (Å²) in [5, 5.41) is 7.59. The number of carbonyl (C=O) groups is 2. The van der Waals surface area contributed by atoms with Crippen molar-refractivity contribution in [3.8, 4) is 11.5 Å². The van der Waals surface area contributed by atoms with E-state index in [4.69, 9.17) is 14.0 Å². The van der Waals surface area contributed by atoms with Crippen molar-refractivity contribution in [3.05, 3.63) is 102 Å². The zero-order valence-corrected chi connectivity index (χ0v) is 24.1. The molecule has 3 saturated heterocycles. The lowest BCUT2D eigenvalue weighted by molar-refractivity contribution is -0.958. The highest BCUT2D eigenvalue weighted by Crippen LogP contribution is 2.38. The van der Waals surface area contributed by atoms with Crippen molar-refractivity contribution in [3.63, 3.8) is 0 Å². The van der Waals surface area contributed by atoms with Gasteiger partial charge in [-0.25, -0.2) is 9.59 Å². The molecule has 1 unspecified atom stereocenters. The lowest BCUT2D eigenvalue weighted by Crippen LogP contribution is -3.00. The molecule has 3 aliphatic rings. The summed E-state index contributed by atoms with van der Waals surface area (Å²) < 4.78 is 17.4. The molecule has 4 aromatic rings. The first-order chi connectivity index (χ1) is 20.0. The second-order valence-electron chi connectivity index (χ2n) is 10.9. The number of rotatable bonds is 9. The number of fused-ring (bicyclic) bond motifs is 3. The van der Waals surface area contributed by atoms with Crippen molar-refractivity contribution in [1.29, 1.82) is 0 Å². The van der Waals surface area contributed by atoms with Gasteiger partial charge in [-0.15, -0.1) is 0 Å². The smallest absolute Gasteiger partial charge is 0.337 e. The average Bonchev–Trinajstić information content (AvgIpc) is 3.49. The van der Waals surface area contributed by atoms with Crippen LogP contribution in [0.3, 0.4) is 0 Å². The summed E-state index contributed by atoms with van der Waals surface area (Å²) in [6.45, 7) is 3.37. The normalized spacial score (nSPS) is 21.5. The lowest BCUT2D eigenvalue weighted by atomic mass is 9.83. The van der Waals surface area contributed by atoms with Crippen molar-refractivity contribution in [1.82, 2.24) is 10.1 Å². The standard InChI is InChI=1S/C32H32N4O5.ClH/c1-39-31(37)25-12-14-26(15-13-25)33-29(23-8-4-2-5-9-23)32(38)40-27-20-36(18-16-22(27)17-19-36)21-28-34-30(41-35-28)24-10-6-3-7-11-24;/h2-15,22,27,29H,16-21H2,1H3;1H/t22?,27-,29?,36?;/m0./s1. The zero-order chi connectivity index (χ0) is 28.2. The number of nitrogens with one attached hydrogen (secondary N) is 1. The summed E-state index contributed by atoms with van der Waals surface area (Å²) in [6.07, 6.45) is 1.78. The number of anilines is 1. The molecule has 0 aliphatic carbocycles. The van der Waals surface area contributed by atoms with Crippen LogP contribution in [0.4, 0.5) is 5.69 Å². The van der Waals surface area contributed by atoms with Crippen molar-refractivity contribution in [2.45, 2.75) is 31.5 Å². The Balaban J connectivity index is 0.00000353. The van der Waals surface area contributed by atoms with Crippen LogP contribution in [0.25, 0.3) is 11.5 Å². The Bertz CT molecular complexity index is 1490. The van der Waals surface area contributed by atoms with Gasteiger partial charge in [0.15, 0.2) is 12.1 Å². The van der Waals surface area contributed by atoms with Gasteiger partial charge in [-0.05, 0) is 42.0 Å². The minimum atomic E-state index is -0.699. The molecule has 4 heterocycles. The van der Waals surface area contributed by atoms with Gasteiger partial charge in [-0.3, -0.25) is 0 Å². The minimum Gasteiger partial charge on any atom is -1.00 e. The molecular formula is C32H33ClN4O5. The molecule has 10 heteroatoms. The predicted octanol–water partition coefficient (Wildman–Crippen LogP) is 2.03. The summed E-state index contributed by atoms with van der Waals surface area (Å²) in [7, 11) is 1.35. The fourth-order valence-corrected chi connectivity index (χ4v) is 6.02. The van der Waals surface area contributed by atoms with E-state index in [0.29, 0.717) is 35.4 Å². The van der Waals surface area contributed by atoms with Crippen LogP contribution in [0.2, 0.25) is 0 Å². The largest absolute Gasteiger partial charge is 1.00 e. The Hall–Kier alpha value is -4.21. The third-order valence-corrected chi connectivity index (χ3v) is 8.26. The molecule has 0 saturated carbocycles. The maximum Gasteiger partial charge on any atom is 0.337 e. The third-order valence-electron chi connectivity index (χ3n) is 8.26. The molecule has 9 nitrogen and oxygen atoms in total. The van der Waals surface area contributed by atoms with Gasteiger partial charge in [0.2, 0.25) is 5.82 Å². The Morgan fingerprint density at radius 2 is 1.64 bits per heavy atom. The average molecular weight is 589 g/mol. The van der Waals surface area contributed by atoms with Gasteiger partial charge in [0.05, 0.1) is 25.8 Å². The first-order valence-electron chi connectivity index (χ1n) is 14.0. The van der Waals surface area contributed by atoms with E-state index in [2.05, 4.69) is 15.5 Å². The van der Waals surface area contributed by atoms with Crippen LogP contribution in [0.15, 0.2) is 89.5 Å². The molecule has 3 aromatic carbocycles. The van der Waals surface area contributed by atoms with E-state index in [1.54, 1.807) is 24.3 Å². The number of aromatic nitrogens is 2. The fraction of sp³-hybridized carbons (Fsp3) is 0.312. The maximum absolute atomic E-state index is 13.7. The van der Waals surface area contributed by atoms with E-state index in [-0.39, 0.29) is 24.5 Å². The molecule has 0 spiro atoms. The van der Waals surface area contributed by atoms with E-state index < -0.39 is 12.0 Å². The van der Waals surface area contributed by atoms with Crippen molar-refractivity contribution < 1.29 is 40.5 Å². The second-order valence-corrected chi connectivity index (χ2v) is 10.9. The number of piperidine rings is 3. The van der Waals surface area contributed by atoms with Crippen LogP contribution in [0.1, 0.15) is 40.6 Å². The summed E-state index contributed by atoms with van der Waals surface area (Å²) in [4.78, 5) is 30.2. The maximum atomic E-state index is 13.7. The summed E-state index contributed by atoms with van der Waals surface area (Å²) in [6, 6.07) is 25.5. The van der Waals surface area contributed by atoms with Gasteiger partial charge in [0.1, 0.15) is 13.1 Å². The van der Waals surface area contributed by atoms with Gasteiger partial charge >= 0.3 is 11.9 Å². The van der Waals surface area contributed by atoms with Gasteiger partial charge < -0.3 is 36.2 Å². The molecule has 42 heavy (non-hydrogen) atoms. The molecule has 2 atom stereocenters. The van der Waals surface area contributed by atoms with Crippen LogP contribution in [0, 0.1) is 5.92 Å². The van der Waals surface area contributed by atoms with Crippen molar-refractivity contribution in [2.75, 3.05) is 32.1 Å². The molecule has 0 radical (unpaired) electrons. The van der Waals surface area contributed by atoms with Gasteiger partial charge in [-0.2, -0.15) is 4.98 Å². The van der Waals surface area contributed by atoms with Crippen LogP contribution in [-0.2, 0) is 20.8 Å². The first-order valence-corrected chi connectivity index (χ1v) is 14.0. The molecule has 0 amide bonds. The quantitative estimate of drug-likeness (QED) is 0.234. The molecule has 1 aromatic heterocycles. The fourth-order valence-electron chi connectivity index (χ4n) is 6.02. The number of carbonyl (C=O) groups excluding carboxylic acids is 2. The minimum absolute atomic E-state index is 0. The monoisotopic (exact) mass is 588 g/mol. The topological polar surface area (TPSA) is 104 Å². The first kappa shape index (κ1) is 29.3. The Labute approximate surface area is 250 Å². The van der Waals surface area contributed by atoms with E-state index in [0.717, 1.165) is 48.1 Å². The zero-order valence-electron chi connectivity index (χ0n) is 23.3. The van der Waals surface area contributed by atoms with E-state index in [1.165, 1.54) is 7.11 Å². The SMILES string of the molecule is COC(=O)c1ccc(NC(C(=O)O[C@H]2C[N+]3(Cc4noc(-c5ccccc5)n4)CCC2CC3)c2ccccc2)cc1.[Cl-]. The number of esters is 2. The summed E-state index contributed by atoms with van der Waals surface area (Å²) in [5.41, 5.74) is 2.85.